The Hall–Kier alpha value is -1.75. The molecule has 0 aliphatic rings. The zero-order chi connectivity index (χ0) is 12.6. The second kappa shape index (κ2) is 6.86. The van der Waals surface area contributed by atoms with Crippen molar-refractivity contribution >= 4 is 17.7 Å². The molecule has 0 amide bonds. The van der Waals surface area contributed by atoms with Crippen molar-refractivity contribution in [2.45, 2.75) is 0 Å². The van der Waals surface area contributed by atoms with Crippen molar-refractivity contribution in [1.82, 2.24) is 10.1 Å². The summed E-state index contributed by atoms with van der Waals surface area (Å²) in [6.07, 6.45) is 1.90. The van der Waals surface area contributed by atoms with Gasteiger partial charge in [0.25, 0.3) is 11.8 Å². The first-order valence-corrected chi connectivity index (χ1v) is 6.87. The van der Waals surface area contributed by atoms with Crippen LogP contribution in [0.5, 0.6) is 0 Å². The van der Waals surface area contributed by atoms with E-state index in [2.05, 4.69) is 22.0 Å². The third kappa shape index (κ3) is 3.63. The molecule has 0 spiro atoms. The normalized spacial score (nSPS) is 10.2. The highest BCUT2D eigenvalue weighted by molar-refractivity contribution is 7.99. The molecule has 2 rings (SSSR count). The minimum atomic E-state index is 0.535. The van der Waals surface area contributed by atoms with E-state index in [0.717, 1.165) is 23.6 Å². The molecule has 5 heteroatoms. The van der Waals surface area contributed by atoms with Crippen LogP contribution < -0.4 is 5.32 Å². The molecule has 2 aromatic rings. The molecule has 0 fully saturated rings. The fraction of sp³-hybridized carbons (Fsp3) is 0.231. The van der Waals surface area contributed by atoms with Crippen LogP contribution in [-0.2, 0) is 0 Å². The zero-order valence-corrected chi connectivity index (χ0v) is 10.8. The molecule has 1 heterocycles. The van der Waals surface area contributed by atoms with Gasteiger partial charge in [-0.25, -0.2) is 0 Å². The number of thioether (sulfide) groups is 1. The Balaban J connectivity index is 1.85. The summed E-state index contributed by atoms with van der Waals surface area (Å²) in [6.45, 7) is 4.48. The van der Waals surface area contributed by atoms with E-state index in [1.54, 1.807) is 0 Å². The number of benzene rings is 1. The number of hydrogen-bond acceptors (Lipinski definition) is 5. The number of anilines is 1. The predicted octanol–water partition coefficient (Wildman–Crippen LogP) is 3.07. The highest BCUT2D eigenvalue weighted by Crippen LogP contribution is 2.17. The van der Waals surface area contributed by atoms with E-state index in [4.69, 9.17) is 4.52 Å². The van der Waals surface area contributed by atoms with E-state index in [9.17, 15) is 0 Å². The van der Waals surface area contributed by atoms with E-state index in [1.807, 2.05) is 48.2 Å². The molecule has 0 aliphatic heterocycles. The number of nitrogens with one attached hydrogen (secondary N) is 1. The van der Waals surface area contributed by atoms with Crippen molar-refractivity contribution in [2.75, 3.05) is 23.4 Å². The lowest BCUT2D eigenvalue weighted by atomic mass is 10.2. The van der Waals surface area contributed by atoms with Gasteiger partial charge in [-0.05, 0) is 17.3 Å². The van der Waals surface area contributed by atoms with Crippen molar-refractivity contribution in [2.24, 2.45) is 0 Å². The number of nitrogens with zero attached hydrogens (tertiary/aromatic N) is 2. The van der Waals surface area contributed by atoms with Crippen LogP contribution in [0.2, 0.25) is 0 Å². The quantitative estimate of drug-likeness (QED) is 0.613. The first-order chi connectivity index (χ1) is 8.90. The molecule has 0 saturated heterocycles. The standard InChI is InChI=1S/C13H15N3OS/c1-2-9-18-10-8-14-13-15-12(17-16-13)11-6-4-3-5-7-11/h2-7H,1,8-10H2,(H,14,16). The third-order valence-corrected chi connectivity index (χ3v) is 3.18. The third-order valence-electron chi connectivity index (χ3n) is 2.21. The fourth-order valence-corrected chi connectivity index (χ4v) is 1.97. The van der Waals surface area contributed by atoms with Crippen LogP contribution >= 0.6 is 11.8 Å². The molecule has 0 radical (unpaired) electrons. The monoisotopic (exact) mass is 261 g/mol. The Kier molecular flexibility index (Phi) is 4.84. The Bertz CT molecular complexity index is 484. The van der Waals surface area contributed by atoms with Gasteiger partial charge in [0.1, 0.15) is 0 Å². The van der Waals surface area contributed by atoms with Crippen molar-refractivity contribution in [3.05, 3.63) is 43.0 Å². The Morgan fingerprint density at radius 2 is 2.17 bits per heavy atom. The molecular formula is C13H15N3OS. The molecule has 18 heavy (non-hydrogen) atoms. The molecule has 4 nitrogen and oxygen atoms in total. The van der Waals surface area contributed by atoms with Crippen molar-refractivity contribution in [3.63, 3.8) is 0 Å². The summed E-state index contributed by atoms with van der Waals surface area (Å²) in [5.74, 6) is 3.02. The molecule has 1 N–H and O–H groups in total. The molecule has 94 valence electrons. The second-order valence-corrected chi connectivity index (χ2v) is 4.73. The summed E-state index contributed by atoms with van der Waals surface area (Å²) in [4.78, 5) is 4.28. The van der Waals surface area contributed by atoms with Crippen LogP contribution in [0.3, 0.4) is 0 Å². The lowest BCUT2D eigenvalue weighted by Gasteiger charge is -1.98. The number of rotatable bonds is 7. The van der Waals surface area contributed by atoms with Crippen LogP contribution in [0.15, 0.2) is 47.5 Å². The molecule has 0 aliphatic carbocycles. The van der Waals surface area contributed by atoms with Gasteiger partial charge in [0.15, 0.2) is 0 Å². The first kappa shape index (κ1) is 12.7. The molecular weight excluding hydrogens is 246 g/mol. The van der Waals surface area contributed by atoms with Crippen LogP contribution in [0, 0.1) is 0 Å². The fourth-order valence-electron chi connectivity index (χ4n) is 1.39. The van der Waals surface area contributed by atoms with Crippen molar-refractivity contribution < 1.29 is 4.52 Å². The molecule has 1 aromatic heterocycles. The van der Waals surface area contributed by atoms with E-state index in [-0.39, 0.29) is 0 Å². The first-order valence-electron chi connectivity index (χ1n) is 5.72. The van der Waals surface area contributed by atoms with Gasteiger partial charge in [-0.15, -0.1) is 6.58 Å². The van der Waals surface area contributed by atoms with Gasteiger partial charge >= 0.3 is 0 Å². The summed E-state index contributed by atoms with van der Waals surface area (Å²) < 4.78 is 5.18. The molecule has 0 unspecified atom stereocenters. The average molecular weight is 261 g/mol. The highest BCUT2D eigenvalue weighted by atomic mass is 32.2. The van der Waals surface area contributed by atoms with E-state index >= 15 is 0 Å². The number of aromatic nitrogens is 2. The van der Waals surface area contributed by atoms with Crippen molar-refractivity contribution in [1.29, 1.82) is 0 Å². The topological polar surface area (TPSA) is 51.0 Å². The maximum atomic E-state index is 5.18. The van der Waals surface area contributed by atoms with E-state index in [1.165, 1.54) is 0 Å². The molecule has 1 aromatic carbocycles. The Morgan fingerprint density at radius 3 is 2.94 bits per heavy atom. The largest absolute Gasteiger partial charge is 0.351 e. The molecule has 0 bridgehead atoms. The Labute approximate surface area is 110 Å². The Morgan fingerprint density at radius 1 is 1.33 bits per heavy atom. The van der Waals surface area contributed by atoms with Gasteiger partial charge in [-0.2, -0.15) is 16.7 Å². The van der Waals surface area contributed by atoms with Gasteiger partial charge in [0.05, 0.1) is 0 Å². The summed E-state index contributed by atoms with van der Waals surface area (Å²) >= 11 is 1.81. The lowest BCUT2D eigenvalue weighted by molar-refractivity contribution is 0.432. The van der Waals surface area contributed by atoms with Gasteiger partial charge in [-0.3, -0.25) is 0 Å². The maximum absolute atomic E-state index is 5.18. The van der Waals surface area contributed by atoms with Crippen LogP contribution in [0.1, 0.15) is 0 Å². The van der Waals surface area contributed by atoms with Crippen LogP contribution in [0.25, 0.3) is 11.5 Å². The van der Waals surface area contributed by atoms with Gasteiger partial charge < -0.3 is 9.84 Å². The summed E-state index contributed by atoms with van der Waals surface area (Å²) in [7, 11) is 0. The van der Waals surface area contributed by atoms with Crippen molar-refractivity contribution in [3.8, 4) is 11.5 Å². The maximum Gasteiger partial charge on any atom is 0.263 e. The average Bonchev–Trinajstić information content (AvgIpc) is 2.88. The lowest BCUT2D eigenvalue weighted by Crippen LogP contribution is -2.05. The van der Waals surface area contributed by atoms with Crippen LogP contribution in [0.4, 0.5) is 5.95 Å². The van der Waals surface area contributed by atoms with E-state index in [0.29, 0.717) is 11.8 Å². The summed E-state index contributed by atoms with van der Waals surface area (Å²) in [5, 5.41) is 7.01. The minimum Gasteiger partial charge on any atom is -0.351 e. The van der Waals surface area contributed by atoms with Gasteiger partial charge in [-0.1, -0.05) is 24.3 Å². The van der Waals surface area contributed by atoms with Crippen LogP contribution in [-0.4, -0.2) is 28.2 Å². The number of hydrogen-bond donors (Lipinski definition) is 1. The summed E-state index contributed by atoms with van der Waals surface area (Å²) in [5.41, 5.74) is 0.930. The molecule has 0 saturated carbocycles. The van der Waals surface area contributed by atoms with E-state index < -0.39 is 0 Å². The molecule has 0 atom stereocenters. The zero-order valence-electron chi connectivity index (χ0n) is 10.0. The smallest absolute Gasteiger partial charge is 0.263 e. The second-order valence-electron chi connectivity index (χ2n) is 3.58. The van der Waals surface area contributed by atoms with Gasteiger partial charge in [0.2, 0.25) is 0 Å². The predicted molar refractivity (Wildman–Crippen MR) is 75.7 cm³/mol. The highest BCUT2D eigenvalue weighted by Gasteiger charge is 2.06. The SMILES string of the molecule is C=CCSCCNc1noc(-c2ccccc2)n1. The minimum absolute atomic E-state index is 0.535. The summed E-state index contributed by atoms with van der Waals surface area (Å²) in [6, 6.07) is 9.72. The van der Waals surface area contributed by atoms with Gasteiger partial charge in [0, 0.05) is 23.6 Å².